The number of nitrogens with one attached hydrogen (secondary N) is 1. The monoisotopic (exact) mass is 315 g/mol. The molecule has 1 N–H and O–H groups in total. The lowest BCUT2D eigenvalue weighted by Gasteiger charge is -2.09. The van der Waals surface area contributed by atoms with Crippen molar-refractivity contribution in [2.24, 2.45) is 0 Å². The van der Waals surface area contributed by atoms with Crippen LogP contribution in [0.25, 0.3) is 5.69 Å². The zero-order valence-corrected chi connectivity index (χ0v) is 13.2. The van der Waals surface area contributed by atoms with Crippen LogP contribution in [0.5, 0.6) is 5.88 Å². The summed E-state index contributed by atoms with van der Waals surface area (Å²) in [4.78, 5) is 12.3. The first kappa shape index (κ1) is 15.6. The molecule has 1 saturated heterocycles. The normalized spacial score (nSPS) is 17.2. The molecule has 6 nitrogen and oxygen atoms in total. The minimum atomic E-state index is -0.212. The van der Waals surface area contributed by atoms with E-state index >= 15 is 0 Å². The number of hydrogen-bond acceptors (Lipinski definition) is 4. The van der Waals surface area contributed by atoms with Crippen LogP contribution in [0.1, 0.15) is 30.3 Å². The van der Waals surface area contributed by atoms with Gasteiger partial charge in [-0.1, -0.05) is 18.2 Å². The van der Waals surface area contributed by atoms with Gasteiger partial charge in [0.2, 0.25) is 5.88 Å². The highest BCUT2D eigenvalue weighted by Gasteiger charge is 2.19. The van der Waals surface area contributed by atoms with Crippen molar-refractivity contribution in [1.82, 2.24) is 15.1 Å². The van der Waals surface area contributed by atoms with Gasteiger partial charge in [0.1, 0.15) is 0 Å². The van der Waals surface area contributed by atoms with Crippen molar-refractivity contribution >= 4 is 5.91 Å². The summed E-state index contributed by atoms with van der Waals surface area (Å²) in [6, 6.07) is 11.3. The summed E-state index contributed by atoms with van der Waals surface area (Å²) in [6.07, 6.45) is 2.15. The van der Waals surface area contributed by atoms with E-state index in [1.165, 1.54) is 0 Å². The van der Waals surface area contributed by atoms with Gasteiger partial charge in [-0.3, -0.25) is 4.79 Å². The molecule has 0 bridgehead atoms. The van der Waals surface area contributed by atoms with E-state index in [-0.39, 0.29) is 12.0 Å². The van der Waals surface area contributed by atoms with Gasteiger partial charge in [0.25, 0.3) is 5.91 Å². The smallest absolute Gasteiger partial charge is 0.272 e. The Bertz CT molecular complexity index is 648. The number of ether oxygens (including phenoxy) is 2. The summed E-state index contributed by atoms with van der Waals surface area (Å²) >= 11 is 0. The third-order valence-corrected chi connectivity index (χ3v) is 3.72. The van der Waals surface area contributed by atoms with Gasteiger partial charge in [-0.15, -0.1) is 0 Å². The molecule has 1 aromatic carbocycles. The molecule has 1 amide bonds. The van der Waals surface area contributed by atoms with Crippen molar-refractivity contribution in [2.45, 2.75) is 25.9 Å². The molecule has 0 unspecified atom stereocenters. The standard InChI is InChI=1S/C17H21N3O3/c1-2-22-16-11-15(17(21)18-12-14-9-6-10-23-14)19-20(16)13-7-4-3-5-8-13/h3-5,7-8,11,14H,2,6,9-10,12H2,1H3,(H,18,21)/t14-/m1/s1. The fourth-order valence-corrected chi connectivity index (χ4v) is 2.58. The van der Waals surface area contributed by atoms with Gasteiger partial charge < -0.3 is 14.8 Å². The molecule has 1 atom stereocenters. The van der Waals surface area contributed by atoms with E-state index in [4.69, 9.17) is 9.47 Å². The molecule has 122 valence electrons. The number of amides is 1. The quantitative estimate of drug-likeness (QED) is 0.887. The third kappa shape index (κ3) is 3.71. The zero-order chi connectivity index (χ0) is 16.1. The van der Waals surface area contributed by atoms with Gasteiger partial charge >= 0.3 is 0 Å². The second-order valence-corrected chi connectivity index (χ2v) is 5.39. The minimum Gasteiger partial charge on any atom is -0.478 e. The Labute approximate surface area is 135 Å². The Kier molecular flexibility index (Phi) is 4.92. The second-order valence-electron chi connectivity index (χ2n) is 5.39. The maximum Gasteiger partial charge on any atom is 0.272 e. The highest BCUT2D eigenvalue weighted by molar-refractivity contribution is 5.92. The van der Waals surface area contributed by atoms with Gasteiger partial charge in [0, 0.05) is 19.2 Å². The Hall–Kier alpha value is -2.34. The fraction of sp³-hybridized carbons (Fsp3) is 0.412. The van der Waals surface area contributed by atoms with Gasteiger partial charge in [0.15, 0.2) is 5.69 Å². The number of nitrogens with zero attached hydrogens (tertiary/aromatic N) is 2. The zero-order valence-electron chi connectivity index (χ0n) is 13.2. The number of carbonyl (C=O) groups is 1. The minimum absolute atomic E-state index is 0.113. The van der Waals surface area contributed by atoms with Crippen LogP contribution in [-0.4, -0.2) is 41.6 Å². The molecular formula is C17H21N3O3. The summed E-state index contributed by atoms with van der Waals surface area (Å²) in [5.74, 6) is 0.345. The van der Waals surface area contributed by atoms with Crippen LogP contribution in [0.3, 0.4) is 0 Å². The number of aromatic nitrogens is 2. The maximum absolute atomic E-state index is 12.3. The molecule has 1 aromatic heterocycles. The number of benzene rings is 1. The van der Waals surface area contributed by atoms with Crippen molar-refractivity contribution in [1.29, 1.82) is 0 Å². The lowest BCUT2D eigenvalue weighted by Crippen LogP contribution is -2.32. The SMILES string of the molecule is CCOc1cc(C(=O)NC[C@H]2CCCO2)nn1-c1ccccc1. The first-order valence-electron chi connectivity index (χ1n) is 7.96. The van der Waals surface area contributed by atoms with E-state index in [2.05, 4.69) is 10.4 Å². The first-order chi connectivity index (χ1) is 11.3. The summed E-state index contributed by atoms with van der Waals surface area (Å²) in [7, 11) is 0. The van der Waals surface area contributed by atoms with E-state index < -0.39 is 0 Å². The highest BCUT2D eigenvalue weighted by atomic mass is 16.5. The largest absolute Gasteiger partial charge is 0.478 e. The fourth-order valence-electron chi connectivity index (χ4n) is 2.58. The lowest BCUT2D eigenvalue weighted by molar-refractivity contribution is 0.0853. The molecule has 0 radical (unpaired) electrons. The predicted molar refractivity (Wildman–Crippen MR) is 86.0 cm³/mol. The Morgan fingerprint density at radius 1 is 1.43 bits per heavy atom. The molecule has 0 saturated carbocycles. The van der Waals surface area contributed by atoms with Crippen LogP contribution in [0, 0.1) is 0 Å². The third-order valence-electron chi connectivity index (χ3n) is 3.72. The van der Waals surface area contributed by atoms with Crippen LogP contribution in [0.4, 0.5) is 0 Å². The molecule has 0 spiro atoms. The van der Waals surface area contributed by atoms with Crippen LogP contribution in [0.2, 0.25) is 0 Å². The number of rotatable bonds is 6. The Morgan fingerprint density at radius 3 is 2.96 bits per heavy atom. The van der Waals surface area contributed by atoms with E-state index in [1.54, 1.807) is 10.7 Å². The van der Waals surface area contributed by atoms with Crippen molar-refractivity contribution in [3.63, 3.8) is 0 Å². The molecule has 6 heteroatoms. The molecular weight excluding hydrogens is 294 g/mol. The van der Waals surface area contributed by atoms with Gasteiger partial charge in [-0.25, -0.2) is 4.68 Å². The lowest BCUT2D eigenvalue weighted by atomic mass is 10.2. The molecule has 23 heavy (non-hydrogen) atoms. The van der Waals surface area contributed by atoms with Crippen LogP contribution < -0.4 is 10.1 Å². The predicted octanol–water partition coefficient (Wildman–Crippen LogP) is 2.18. The average molecular weight is 315 g/mol. The molecule has 1 aliphatic heterocycles. The number of carbonyl (C=O) groups excluding carboxylic acids is 1. The van der Waals surface area contributed by atoms with Crippen molar-refractivity contribution in [3.8, 4) is 11.6 Å². The van der Waals surface area contributed by atoms with E-state index in [0.717, 1.165) is 25.1 Å². The summed E-state index contributed by atoms with van der Waals surface area (Å²) in [6.45, 7) is 3.70. The number of para-hydroxylation sites is 1. The molecule has 3 rings (SSSR count). The Balaban J connectivity index is 1.75. The topological polar surface area (TPSA) is 65.4 Å². The molecule has 2 heterocycles. The maximum atomic E-state index is 12.3. The second kappa shape index (κ2) is 7.28. The van der Waals surface area contributed by atoms with E-state index in [1.807, 2.05) is 37.3 Å². The molecule has 1 aliphatic rings. The molecule has 1 fully saturated rings. The number of hydrogen-bond donors (Lipinski definition) is 1. The van der Waals surface area contributed by atoms with E-state index in [0.29, 0.717) is 24.7 Å². The van der Waals surface area contributed by atoms with Crippen molar-refractivity contribution in [3.05, 3.63) is 42.1 Å². The van der Waals surface area contributed by atoms with E-state index in [9.17, 15) is 4.79 Å². The summed E-state index contributed by atoms with van der Waals surface area (Å²) in [5.41, 5.74) is 1.20. The van der Waals surface area contributed by atoms with Crippen LogP contribution in [0.15, 0.2) is 36.4 Å². The summed E-state index contributed by atoms with van der Waals surface area (Å²) < 4.78 is 12.8. The average Bonchev–Trinajstić information content (AvgIpc) is 3.23. The highest BCUT2D eigenvalue weighted by Crippen LogP contribution is 2.19. The molecule has 2 aromatic rings. The van der Waals surface area contributed by atoms with Gasteiger partial charge in [-0.2, -0.15) is 5.10 Å². The van der Waals surface area contributed by atoms with Gasteiger partial charge in [-0.05, 0) is 31.9 Å². The van der Waals surface area contributed by atoms with Crippen LogP contribution >= 0.6 is 0 Å². The van der Waals surface area contributed by atoms with Gasteiger partial charge in [0.05, 0.1) is 18.4 Å². The van der Waals surface area contributed by atoms with Crippen molar-refractivity contribution < 1.29 is 14.3 Å². The van der Waals surface area contributed by atoms with Crippen LogP contribution in [-0.2, 0) is 4.74 Å². The molecule has 0 aliphatic carbocycles. The first-order valence-corrected chi connectivity index (χ1v) is 7.96. The summed E-state index contributed by atoms with van der Waals surface area (Å²) in [5, 5.41) is 7.26. The Morgan fingerprint density at radius 2 is 2.26 bits per heavy atom. The van der Waals surface area contributed by atoms with Crippen molar-refractivity contribution in [2.75, 3.05) is 19.8 Å².